The van der Waals surface area contributed by atoms with Crippen LogP contribution < -0.4 is 4.74 Å². The van der Waals surface area contributed by atoms with Gasteiger partial charge in [0.05, 0.1) is 11.6 Å². The van der Waals surface area contributed by atoms with Crippen LogP contribution in [0.4, 0.5) is 0 Å². The van der Waals surface area contributed by atoms with Crippen LogP contribution in [0.1, 0.15) is 29.2 Å². The van der Waals surface area contributed by atoms with E-state index in [0.717, 1.165) is 5.56 Å². The molecule has 1 saturated heterocycles. The van der Waals surface area contributed by atoms with Crippen LogP contribution >= 0.6 is 0 Å². The standard InChI is InChI=1S/C27H26N2O5/c1-33-17-5-16-29-24(20-12-14-28-15-13-20)23(26(31)27(29)32)25(30)21-8-10-22(11-9-21)34-18-19-6-3-2-4-7-19/h2-4,6-15,24,30H,5,16-18H2,1H3/b25-23+. The number of benzene rings is 2. The summed E-state index contributed by atoms with van der Waals surface area (Å²) in [4.78, 5) is 31.4. The van der Waals surface area contributed by atoms with E-state index in [0.29, 0.717) is 43.1 Å². The van der Waals surface area contributed by atoms with Crippen molar-refractivity contribution in [2.24, 2.45) is 0 Å². The van der Waals surface area contributed by atoms with E-state index in [2.05, 4.69) is 4.98 Å². The van der Waals surface area contributed by atoms with Crippen molar-refractivity contribution < 1.29 is 24.2 Å². The lowest BCUT2D eigenvalue weighted by molar-refractivity contribution is -0.140. The summed E-state index contributed by atoms with van der Waals surface area (Å²) < 4.78 is 10.9. The number of Topliss-reactive ketones (excluding diaryl/α,β-unsaturated/α-hetero) is 1. The maximum atomic E-state index is 13.0. The van der Waals surface area contributed by atoms with Crippen LogP contribution in [0, 0.1) is 0 Å². The number of hydrogen-bond acceptors (Lipinski definition) is 6. The summed E-state index contributed by atoms with van der Waals surface area (Å²) >= 11 is 0. The van der Waals surface area contributed by atoms with E-state index >= 15 is 0 Å². The molecule has 1 aliphatic heterocycles. The van der Waals surface area contributed by atoms with Crippen molar-refractivity contribution >= 4 is 17.4 Å². The first kappa shape index (κ1) is 23.2. The van der Waals surface area contributed by atoms with Crippen LogP contribution in [0.2, 0.25) is 0 Å². The fourth-order valence-electron chi connectivity index (χ4n) is 3.99. The highest BCUT2D eigenvalue weighted by Crippen LogP contribution is 2.39. The molecule has 2 heterocycles. The van der Waals surface area contributed by atoms with Gasteiger partial charge in [-0.3, -0.25) is 14.6 Å². The van der Waals surface area contributed by atoms with Crippen molar-refractivity contribution in [2.45, 2.75) is 19.1 Å². The zero-order chi connectivity index (χ0) is 23.9. The third kappa shape index (κ3) is 5.00. The Balaban J connectivity index is 1.62. The first-order chi connectivity index (χ1) is 16.6. The van der Waals surface area contributed by atoms with Crippen molar-refractivity contribution in [3.63, 3.8) is 0 Å². The molecule has 0 bridgehead atoms. The van der Waals surface area contributed by atoms with Crippen LogP contribution in [0.15, 0.2) is 84.7 Å². The molecule has 174 valence electrons. The zero-order valence-corrected chi connectivity index (χ0v) is 18.9. The Hall–Kier alpha value is -3.97. The lowest BCUT2D eigenvalue weighted by Crippen LogP contribution is -2.31. The number of pyridine rings is 1. The number of likely N-dealkylation sites (tertiary alicyclic amines) is 1. The average molecular weight is 459 g/mol. The third-order valence-electron chi connectivity index (χ3n) is 5.69. The number of hydrogen-bond donors (Lipinski definition) is 1. The van der Waals surface area contributed by atoms with Gasteiger partial charge < -0.3 is 19.5 Å². The van der Waals surface area contributed by atoms with E-state index in [-0.39, 0.29) is 11.3 Å². The quantitative estimate of drug-likeness (QED) is 0.225. The number of carbonyl (C=O) groups excluding carboxylic acids is 2. The van der Waals surface area contributed by atoms with Gasteiger partial charge in [0.1, 0.15) is 18.1 Å². The van der Waals surface area contributed by atoms with Crippen molar-refractivity contribution in [2.75, 3.05) is 20.3 Å². The Morgan fingerprint density at radius 3 is 2.38 bits per heavy atom. The number of amides is 1. The highest BCUT2D eigenvalue weighted by molar-refractivity contribution is 6.46. The molecule has 1 aromatic heterocycles. The molecule has 1 unspecified atom stereocenters. The maximum Gasteiger partial charge on any atom is 0.295 e. The molecular formula is C27H26N2O5. The highest BCUT2D eigenvalue weighted by Gasteiger charge is 2.45. The Morgan fingerprint density at radius 2 is 1.71 bits per heavy atom. The Bertz CT molecular complexity index is 1160. The molecule has 1 fully saturated rings. The molecule has 0 radical (unpaired) electrons. The smallest absolute Gasteiger partial charge is 0.295 e. The lowest BCUT2D eigenvalue weighted by Gasteiger charge is -2.25. The minimum atomic E-state index is -0.707. The van der Waals surface area contributed by atoms with E-state index in [1.807, 2.05) is 30.3 Å². The van der Waals surface area contributed by atoms with Gasteiger partial charge in [0.25, 0.3) is 11.7 Å². The highest BCUT2D eigenvalue weighted by atomic mass is 16.5. The molecule has 0 saturated carbocycles. The number of methoxy groups -OCH3 is 1. The molecule has 1 amide bonds. The second kappa shape index (κ2) is 10.8. The lowest BCUT2D eigenvalue weighted by atomic mass is 9.96. The fraction of sp³-hybridized carbons (Fsp3) is 0.222. The molecule has 7 heteroatoms. The molecule has 2 aromatic carbocycles. The molecule has 1 atom stereocenters. The molecule has 0 spiro atoms. The summed E-state index contributed by atoms with van der Waals surface area (Å²) in [5.41, 5.74) is 2.24. The number of carbonyl (C=O) groups is 2. The van der Waals surface area contributed by atoms with Gasteiger partial charge >= 0.3 is 0 Å². The van der Waals surface area contributed by atoms with Gasteiger partial charge in [-0.1, -0.05) is 30.3 Å². The van der Waals surface area contributed by atoms with E-state index in [9.17, 15) is 14.7 Å². The number of aromatic nitrogens is 1. The topological polar surface area (TPSA) is 89.0 Å². The number of rotatable bonds is 9. The normalized spacial score (nSPS) is 17.2. The molecular weight excluding hydrogens is 432 g/mol. The van der Waals surface area contributed by atoms with E-state index in [4.69, 9.17) is 9.47 Å². The number of nitrogens with zero attached hydrogens (tertiary/aromatic N) is 2. The average Bonchev–Trinajstić information content (AvgIpc) is 3.14. The van der Waals surface area contributed by atoms with Gasteiger partial charge in [-0.25, -0.2) is 0 Å². The first-order valence-electron chi connectivity index (χ1n) is 11.0. The second-order valence-corrected chi connectivity index (χ2v) is 7.92. The Morgan fingerprint density at radius 1 is 1.00 bits per heavy atom. The molecule has 34 heavy (non-hydrogen) atoms. The summed E-state index contributed by atoms with van der Waals surface area (Å²) in [7, 11) is 1.59. The summed E-state index contributed by atoms with van der Waals surface area (Å²) in [5.74, 6) is -0.932. The molecule has 1 aliphatic rings. The van der Waals surface area contributed by atoms with Crippen LogP contribution in [0.25, 0.3) is 5.76 Å². The predicted molar refractivity (Wildman–Crippen MR) is 127 cm³/mol. The fourth-order valence-corrected chi connectivity index (χ4v) is 3.99. The Labute approximate surface area is 198 Å². The molecule has 1 N–H and O–H groups in total. The minimum absolute atomic E-state index is 0.0616. The van der Waals surface area contributed by atoms with E-state index in [1.54, 1.807) is 55.9 Å². The number of ether oxygens (including phenoxy) is 2. The SMILES string of the molecule is COCCCN1C(=O)C(=O)/C(=C(/O)c2ccc(OCc3ccccc3)cc2)C1c1ccncc1. The largest absolute Gasteiger partial charge is 0.507 e. The molecule has 0 aliphatic carbocycles. The van der Waals surface area contributed by atoms with Gasteiger partial charge in [0, 0.05) is 38.2 Å². The summed E-state index contributed by atoms with van der Waals surface area (Å²) in [6.45, 7) is 1.20. The first-order valence-corrected chi connectivity index (χ1v) is 11.0. The zero-order valence-electron chi connectivity index (χ0n) is 18.9. The maximum absolute atomic E-state index is 13.0. The molecule has 4 rings (SSSR count). The summed E-state index contributed by atoms with van der Waals surface area (Å²) in [6.07, 6.45) is 3.77. The van der Waals surface area contributed by atoms with Gasteiger partial charge in [-0.15, -0.1) is 0 Å². The van der Waals surface area contributed by atoms with E-state index < -0.39 is 17.7 Å². The summed E-state index contributed by atoms with van der Waals surface area (Å²) in [6, 6.07) is 19.4. The number of aliphatic hydroxyl groups excluding tert-OH is 1. The second-order valence-electron chi connectivity index (χ2n) is 7.92. The van der Waals surface area contributed by atoms with Crippen LogP contribution in [0.5, 0.6) is 5.75 Å². The van der Waals surface area contributed by atoms with Gasteiger partial charge in [-0.2, -0.15) is 0 Å². The van der Waals surface area contributed by atoms with Crippen molar-refractivity contribution in [3.8, 4) is 5.75 Å². The Kier molecular flexibility index (Phi) is 7.34. The van der Waals surface area contributed by atoms with Crippen LogP contribution in [-0.4, -0.2) is 46.9 Å². The van der Waals surface area contributed by atoms with Crippen LogP contribution in [0.3, 0.4) is 0 Å². The molecule has 7 nitrogen and oxygen atoms in total. The van der Waals surface area contributed by atoms with Crippen molar-refractivity contribution in [1.29, 1.82) is 0 Å². The summed E-state index contributed by atoms with van der Waals surface area (Å²) in [5, 5.41) is 11.1. The number of aliphatic hydroxyl groups is 1. The molecule has 3 aromatic rings. The predicted octanol–water partition coefficient (Wildman–Crippen LogP) is 4.12. The van der Waals surface area contributed by atoms with Crippen molar-refractivity contribution in [3.05, 3.63) is 101 Å². The third-order valence-corrected chi connectivity index (χ3v) is 5.69. The van der Waals surface area contributed by atoms with Gasteiger partial charge in [-0.05, 0) is 53.9 Å². The minimum Gasteiger partial charge on any atom is -0.507 e. The van der Waals surface area contributed by atoms with Crippen LogP contribution in [-0.2, 0) is 20.9 Å². The van der Waals surface area contributed by atoms with Gasteiger partial charge in [0.15, 0.2) is 0 Å². The van der Waals surface area contributed by atoms with E-state index in [1.165, 1.54) is 4.90 Å². The number of ketones is 1. The van der Waals surface area contributed by atoms with Gasteiger partial charge in [0.2, 0.25) is 0 Å². The monoisotopic (exact) mass is 458 g/mol. The van der Waals surface area contributed by atoms with Crippen molar-refractivity contribution in [1.82, 2.24) is 9.88 Å².